The zero-order valence-electron chi connectivity index (χ0n) is 11.2. The van der Waals surface area contributed by atoms with Crippen LogP contribution >= 0.6 is 22.7 Å². The van der Waals surface area contributed by atoms with Crippen molar-refractivity contribution in [1.29, 1.82) is 0 Å². The molecule has 6 heteroatoms. The van der Waals surface area contributed by atoms with Crippen LogP contribution in [-0.2, 0) is 0 Å². The normalized spacial score (nSPS) is 12.5. The maximum atomic E-state index is 13.3. The van der Waals surface area contributed by atoms with Crippen LogP contribution in [0.25, 0.3) is 10.1 Å². The van der Waals surface area contributed by atoms with Crippen LogP contribution in [-0.4, -0.2) is 5.91 Å². The van der Waals surface area contributed by atoms with Crippen LogP contribution in [0.3, 0.4) is 0 Å². The van der Waals surface area contributed by atoms with Gasteiger partial charge in [-0.05, 0) is 36.6 Å². The minimum atomic E-state index is -0.356. The van der Waals surface area contributed by atoms with Crippen LogP contribution in [0.4, 0.5) is 10.1 Å². The number of benzene rings is 1. The molecule has 0 fully saturated rings. The molecule has 0 aliphatic rings. The Morgan fingerprint density at radius 3 is 2.90 bits per heavy atom. The van der Waals surface area contributed by atoms with Gasteiger partial charge < -0.3 is 11.1 Å². The number of nitrogens with one attached hydrogen (secondary N) is 1. The van der Waals surface area contributed by atoms with E-state index in [1.54, 1.807) is 17.4 Å². The molecule has 0 bridgehead atoms. The average molecular weight is 320 g/mol. The zero-order valence-corrected chi connectivity index (χ0v) is 12.9. The van der Waals surface area contributed by atoms with Gasteiger partial charge in [-0.15, -0.1) is 22.7 Å². The first-order valence-corrected chi connectivity index (χ1v) is 8.07. The van der Waals surface area contributed by atoms with Crippen molar-refractivity contribution >= 4 is 44.4 Å². The highest BCUT2D eigenvalue weighted by atomic mass is 32.1. The van der Waals surface area contributed by atoms with E-state index in [9.17, 15) is 9.18 Å². The smallest absolute Gasteiger partial charge is 0.264 e. The Morgan fingerprint density at radius 1 is 1.38 bits per heavy atom. The number of nitrogen functional groups attached to an aromatic ring is 1. The second-order valence-corrected chi connectivity index (χ2v) is 6.73. The largest absolute Gasteiger partial charge is 0.397 e. The van der Waals surface area contributed by atoms with Crippen molar-refractivity contribution in [1.82, 2.24) is 5.32 Å². The van der Waals surface area contributed by atoms with E-state index in [-0.39, 0.29) is 17.8 Å². The lowest BCUT2D eigenvalue weighted by Gasteiger charge is -2.11. The number of anilines is 1. The predicted octanol–water partition coefficient (Wildman–Crippen LogP) is 4.18. The number of hydrogen-bond donors (Lipinski definition) is 2. The summed E-state index contributed by atoms with van der Waals surface area (Å²) in [7, 11) is 0. The molecule has 0 aliphatic carbocycles. The quantitative estimate of drug-likeness (QED) is 0.761. The Labute approximate surface area is 129 Å². The van der Waals surface area contributed by atoms with Crippen LogP contribution in [0.1, 0.15) is 27.5 Å². The van der Waals surface area contributed by atoms with E-state index >= 15 is 0 Å². The van der Waals surface area contributed by atoms with Gasteiger partial charge in [-0.1, -0.05) is 6.07 Å². The molecule has 0 spiro atoms. The van der Waals surface area contributed by atoms with Gasteiger partial charge in [0.25, 0.3) is 5.91 Å². The Hall–Kier alpha value is -1.92. The minimum absolute atomic E-state index is 0.0844. The summed E-state index contributed by atoms with van der Waals surface area (Å²) in [6.07, 6.45) is 0. The van der Waals surface area contributed by atoms with E-state index in [0.29, 0.717) is 16.0 Å². The number of halogens is 1. The van der Waals surface area contributed by atoms with Gasteiger partial charge in [-0.3, -0.25) is 4.79 Å². The maximum Gasteiger partial charge on any atom is 0.264 e. The van der Waals surface area contributed by atoms with E-state index in [1.165, 1.54) is 23.5 Å². The van der Waals surface area contributed by atoms with Gasteiger partial charge >= 0.3 is 0 Å². The first-order valence-electron chi connectivity index (χ1n) is 6.38. The van der Waals surface area contributed by atoms with Crippen molar-refractivity contribution in [2.75, 3.05) is 5.73 Å². The molecule has 3 aromatic rings. The van der Waals surface area contributed by atoms with Gasteiger partial charge in [0, 0.05) is 15.0 Å². The van der Waals surface area contributed by atoms with E-state index < -0.39 is 0 Å². The summed E-state index contributed by atoms with van der Waals surface area (Å²) in [5.41, 5.74) is 6.33. The van der Waals surface area contributed by atoms with Crippen molar-refractivity contribution in [2.45, 2.75) is 13.0 Å². The Bertz CT molecular complexity index is 795. The third kappa shape index (κ3) is 2.64. The van der Waals surface area contributed by atoms with Crippen LogP contribution in [0.5, 0.6) is 0 Å². The first kappa shape index (κ1) is 14.0. The molecule has 0 saturated heterocycles. The predicted molar refractivity (Wildman–Crippen MR) is 86.4 cm³/mol. The number of thiophene rings is 2. The van der Waals surface area contributed by atoms with Gasteiger partial charge in [0.1, 0.15) is 10.7 Å². The van der Waals surface area contributed by atoms with Gasteiger partial charge in [0.2, 0.25) is 0 Å². The molecule has 2 heterocycles. The highest BCUT2D eigenvalue weighted by Gasteiger charge is 2.19. The van der Waals surface area contributed by atoms with Crippen LogP contribution < -0.4 is 11.1 Å². The topological polar surface area (TPSA) is 55.1 Å². The van der Waals surface area contributed by atoms with Gasteiger partial charge in [0.05, 0.1) is 11.7 Å². The molecular formula is C15H13FN2OS2. The van der Waals surface area contributed by atoms with E-state index in [2.05, 4.69) is 5.32 Å². The molecule has 0 radical (unpaired) electrons. The molecule has 2 aromatic heterocycles. The molecule has 21 heavy (non-hydrogen) atoms. The molecule has 1 aromatic carbocycles. The van der Waals surface area contributed by atoms with Gasteiger partial charge in [-0.2, -0.15) is 0 Å². The Balaban J connectivity index is 1.89. The Morgan fingerprint density at radius 2 is 2.19 bits per heavy atom. The highest BCUT2D eigenvalue weighted by molar-refractivity contribution is 7.21. The lowest BCUT2D eigenvalue weighted by Crippen LogP contribution is -2.25. The fourth-order valence-corrected chi connectivity index (χ4v) is 3.87. The van der Waals surface area contributed by atoms with Crippen molar-refractivity contribution in [2.24, 2.45) is 0 Å². The molecule has 3 rings (SSSR count). The minimum Gasteiger partial charge on any atom is -0.397 e. The molecule has 1 unspecified atom stereocenters. The number of fused-ring (bicyclic) bond motifs is 1. The maximum absolute atomic E-state index is 13.3. The van der Waals surface area contributed by atoms with Crippen molar-refractivity contribution in [3.63, 3.8) is 0 Å². The van der Waals surface area contributed by atoms with E-state index in [1.807, 2.05) is 24.4 Å². The number of carbonyl (C=O) groups is 1. The fourth-order valence-electron chi connectivity index (χ4n) is 2.13. The molecule has 1 amide bonds. The molecule has 0 aliphatic heterocycles. The molecule has 3 N–H and O–H groups in total. The summed E-state index contributed by atoms with van der Waals surface area (Å²) in [6, 6.07) is 8.21. The summed E-state index contributed by atoms with van der Waals surface area (Å²) >= 11 is 2.87. The number of carbonyl (C=O) groups excluding carboxylic acids is 1. The summed E-state index contributed by atoms with van der Waals surface area (Å²) in [5, 5.41) is 5.48. The summed E-state index contributed by atoms with van der Waals surface area (Å²) in [5.74, 6) is -0.582. The number of hydrogen-bond acceptors (Lipinski definition) is 4. The zero-order chi connectivity index (χ0) is 15.0. The van der Waals surface area contributed by atoms with Crippen LogP contribution in [0.2, 0.25) is 0 Å². The number of nitrogens with two attached hydrogens (primary N) is 1. The molecule has 108 valence electrons. The number of rotatable bonds is 3. The van der Waals surface area contributed by atoms with E-state index in [4.69, 9.17) is 5.73 Å². The third-order valence-electron chi connectivity index (χ3n) is 3.21. The van der Waals surface area contributed by atoms with Crippen LogP contribution in [0, 0.1) is 5.82 Å². The first-order chi connectivity index (χ1) is 10.1. The summed E-state index contributed by atoms with van der Waals surface area (Å²) in [6.45, 7) is 1.92. The van der Waals surface area contributed by atoms with Crippen molar-refractivity contribution in [3.8, 4) is 0 Å². The molecular weight excluding hydrogens is 307 g/mol. The van der Waals surface area contributed by atoms with E-state index in [0.717, 1.165) is 9.58 Å². The SMILES string of the molecule is CC(NC(=O)c1sc2ccc(F)cc2c1N)c1cccs1. The standard InChI is InChI=1S/C15H13FN2OS2/c1-8(11-3-2-6-20-11)18-15(19)14-13(17)10-7-9(16)4-5-12(10)21-14/h2-8H,17H2,1H3,(H,18,19). The lowest BCUT2D eigenvalue weighted by atomic mass is 10.2. The number of amides is 1. The third-order valence-corrected chi connectivity index (χ3v) is 5.45. The van der Waals surface area contributed by atoms with Crippen LogP contribution in [0.15, 0.2) is 35.7 Å². The molecule has 1 atom stereocenters. The highest BCUT2D eigenvalue weighted by Crippen LogP contribution is 2.34. The van der Waals surface area contributed by atoms with Gasteiger partial charge in [0.15, 0.2) is 0 Å². The monoisotopic (exact) mass is 320 g/mol. The van der Waals surface area contributed by atoms with Crippen molar-refractivity contribution < 1.29 is 9.18 Å². The van der Waals surface area contributed by atoms with Gasteiger partial charge in [-0.25, -0.2) is 4.39 Å². The second kappa shape index (κ2) is 5.46. The second-order valence-electron chi connectivity index (χ2n) is 4.70. The Kier molecular flexibility index (Phi) is 3.65. The summed E-state index contributed by atoms with van der Waals surface area (Å²) in [4.78, 5) is 13.9. The fraction of sp³-hybridized carbons (Fsp3) is 0.133. The average Bonchev–Trinajstić information content (AvgIpc) is 3.08. The molecule has 0 saturated carbocycles. The van der Waals surface area contributed by atoms with Crippen molar-refractivity contribution in [3.05, 3.63) is 51.3 Å². The summed E-state index contributed by atoms with van der Waals surface area (Å²) < 4.78 is 14.1. The lowest BCUT2D eigenvalue weighted by molar-refractivity contribution is 0.0945. The molecule has 3 nitrogen and oxygen atoms in total.